The summed E-state index contributed by atoms with van der Waals surface area (Å²) in [7, 11) is 0. The quantitative estimate of drug-likeness (QED) is 0.721. The third kappa shape index (κ3) is 3.25. The molecule has 2 rings (SSSR count). The monoisotopic (exact) mass is 228 g/mol. The van der Waals surface area contributed by atoms with Crippen molar-refractivity contribution in [3.8, 4) is 0 Å². The number of rotatable bonds is 3. The van der Waals surface area contributed by atoms with E-state index in [4.69, 9.17) is 11.6 Å². The molecular formula is C15H13Cl. The number of hydrogen-bond acceptors (Lipinski definition) is 0. The van der Waals surface area contributed by atoms with Gasteiger partial charge in [-0.3, -0.25) is 0 Å². The van der Waals surface area contributed by atoms with Crippen LogP contribution < -0.4 is 0 Å². The topological polar surface area (TPSA) is 0 Å². The smallest absolute Gasteiger partial charge is 0.0411 e. The molecule has 0 saturated heterocycles. The van der Waals surface area contributed by atoms with Gasteiger partial charge in [0.1, 0.15) is 0 Å². The first-order chi connectivity index (χ1) is 7.84. The zero-order chi connectivity index (χ0) is 11.2. The van der Waals surface area contributed by atoms with E-state index >= 15 is 0 Å². The van der Waals surface area contributed by atoms with E-state index < -0.39 is 0 Å². The Morgan fingerprint density at radius 3 is 2.50 bits per heavy atom. The van der Waals surface area contributed by atoms with Crippen LogP contribution in [0.2, 0.25) is 5.02 Å². The van der Waals surface area contributed by atoms with Crippen LogP contribution in [0.15, 0.2) is 60.7 Å². The normalized spacial score (nSPS) is 10.8. The molecule has 0 aliphatic rings. The lowest BCUT2D eigenvalue weighted by Crippen LogP contribution is -1.78. The molecular weight excluding hydrogens is 216 g/mol. The summed E-state index contributed by atoms with van der Waals surface area (Å²) in [5.74, 6) is 0. The van der Waals surface area contributed by atoms with E-state index in [0.717, 1.165) is 17.0 Å². The van der Waals surface area contributed by atoms with Crippen molar-refractivity contribution < 1.29 is 0 Å². The summed E-state index contributed by atoms with van der Waals surface area (Å²) < 4.78 is 0. The maximum absolute atomic E-state index is 5.91. The summed E-state index contributed by atoms with van der Waals surface area (Å²) in [6.07, 6.45) is 5.20. The second-order valence-electron chi connectivity index (χ2n) is 3.65. The lowest BCUT2D eigenvalue weighted by Gasteiger charge is -1.96. The molecule has 1 heteroatoms. The average Bonchev–Trinajstić information content (AvgIpc) is 2.30. The Labute approximate surface area is 101 Å². The first-order valence-electron chi connectivity index (χ1n) is 5.30. The number of halogens is 1. The zero-order valence-electron chi connectivity index (χ0n) is 8.94. The van der Waals surface area contributed by atoms with E-state index in [0.29, 0.717) is 0 Å². The fourth-order valence-electron chi connectivity index (χ4n) is 1.56. The van der Waals surface area contributed by atoms with E-state index in [-0.39, 0.29) is 0 Å². The fraction of sp³-hybridized carbons (Fsp3) is 0.0667. The van der Waals surface area contributed by atoms with Gasteiger partial charge in [0.2, 0.25) is 0 Å². The SMILES string of the molecule is Clc1cccc(/C=C/Cc2ccccc2)c1. The molecule has 0 bridgehead atoms. The van der Waals surface area contributed by atoms with Crippen molar-refractivity contribution in [3.63, 3.8) is 0 Å². The highest BCUT2D eigenvalue weighted by Crippen LogP contribution is 2.12. The molecule has 0 nitrogen and oxygen atoms in total. The van der Waals surface area contributed by atoms with Crippen LogP contribution in [0.3, 0.4) is 0 Å². The van der Waals surface area contributed by atoms with Crippen LogP contribution in [-0.4, -0.2) is 0 Å². The minimum atomic E-state index is 0.780. The van der Waals surface area contributed by atoms with Gasteiger partial charge in [0.05, 0.1) is 0 Å². The summed E-state index contributed by atoms with van der Waals surface area (Å²) in [6.45, 7) is 0. The molecule has 2 aromatic rings. The summed E-state index contributed by atoms with van der Waals surface area (Å²) in [6, 6.07) is 18.3. The van der Waals surface area contributed by atoms with Gasteiger partial charge in [-0.25, -0.2) is 0 Å². The summed E-state index contributed by atoms with van der Waals surface area (Å²) in [4.78, 5) is 0. The van der Waals surface area contributed by atoms with E-state index in [1.54, 1.807) is 0 Å². The first-order valence-corrected chi connectivity index (χ1v) is 5.68. The Kier molecular flexibility index (Phi) is 3.79. The maximum atomic E-state index is 5.91. The van der Waals surface area contributed by atoms with Crippen LogP contribution in [0.5, 0.6) is 0 Å². The van der Waals surface area contributed by atoms with Gasteiger partial charge in [0.25, 0.3) is 0 Å². The van der Waals surface area contributed by atoms with Gasteiger partial charge < -0.3 is 0 Å². The van der Waals surface area contributed by atoms with Crippen LogP contribution >= 0.6 is 11.6 Å². The minimum absolute atomic E-state index is 0.780. The molecule has 0 spiro atoms. The molecule has 2 aromatic carbocycles. The van der Waals surface area contributed by atoms with E-state index in [9.17, 15) is 0 Å². The molecule has 0 atom stereocenters. The molecule has 0 aliphatic carbocycles. The van der Waals surface area contributed by atoms with Crippen molar-refractivity contribution in [1.82, 2.24) is 0 Å². The highest BCUT2D eigenvalue weighted by molar-refractivity contribution is 6.30. The number of benzene rings is 2. The molecule has 0 heterocycles. The van der Waals surface area contributed by atoms with E-state index in [1.807, 2.05) is 30.3 Å². The van der Waals surface area contributed by atoms with Crippen LogP contribution in [0.25, 0.3) is 6.08 Å². The summed E-state index contributed by atoms with van der Waals surface area (Å²) in [5, 5.41) is 0.780. The summed E-state index contributed by atoms with van der Waals surface area (Å²) in [5.41, 5.74) is 2.46. The first kappa shape index (κ1) is 11.0. The predicted molar refractivity (Wildman–Crippen MR) is 70.6 cm³/mol. The van der Waals surface area contributed by atoms with E-state index in [1.165, 1.54) is 5.56 Å². The third-order valence-corrected chi connectivity index (χ3v) is 2.59. The Balaban J connectivity index is 2.00. The predicted octanol–water partition coefficient (Wildman–Crippen LogP) is 4.60. The number of allylic oxidation sites excluding steroid dienone is 1. The van der Waals surface area contributed by atoms with Crippen molar-refractivity contribution in [1.29, 1.82) is 0 Å². The van der Waals surface area contributed by atoms with Crippen molar-refractivity contribution >= 4 is 17.7 Å². The second-order valence-corrected chi connectivity index (χ2v) is 4.08. The standard InChI is InChI=1S/C15H13Cl/c16-15-11-5-10-14(12-15)9-4-8-13-6-2-1-3-7-13/h1-7,9-12H,8H2/b9-4+. The second kappa shape index (κ2) is 5.53. The zero-order valence-corrected chi connectivity index (χ0v) is 9.69. The van der Waals surface area contributed by atoms with Gasteiger partial charge in [-0.05, 0) is 29.7 Å². The number of hydrogen-bond donors (Lipinski definition) is 0. The lowest BCUT2D eigenvalue weighted by atomic mass is 10.1. The molecule has 16 heavy (non-hydrogen) atoms. The minimum Gasteiger partial charge on any atom is -0.0843 e. The van der Waals surface area contributed by atoms with Crippen molar-refractivity contribution in [2.24, 2.45) is 0 Å². The highest BCUT2D eigenvalue weighted by atomic mass is 35.5. The fourth-order valence-corrected chi connectivity index (χ4v) is 1.75. The van der Waals surface area contributed by atoms with Crippen LogP contribution in [0.4, 0.5) is 0 Å². The molecule has 0 N–H and O–H groups in total. The average molecular weight is 229 g/mol. The third-order valence-electron chi connectivity index (χ3n) is 2.36. The molecule has 0 aliphatic heterocycles. The Morgan fingerprint density at radius 1 is 0.938 bits per heavy atom. The summed E-state index contributed by atoms with van der Waals surface area (Å²) >= 11 is 5.91. The molecule has 0 aromatic heterocycles. The molecule has 80 valence electrons. The Morgan fingerprint density at radius 2 is 1.75 bits per heavy atom. The van der Waals surface area contributed by atoms with Crippen molar-refractivity contribution in [2.75, 3.05) is 0 Å². The molecule has 0 saturated carbocycles. The lowest BCUT2D eigenvalue weighted by molar-refractivity contribution is 1.28. The van der Waals surface area contributed by atoms with Gasteiger partial charge >= 0.3 is 0 Å². The van der Waals surface area contributed by atoms with Gasteiger partial charge in [0.15, 0.2) is 0 Å². The van der Waals surface area contributed by atoms with Crippen molar-refractivity contribution in [3.05, 3.63) is 76.8 Å². The van der Waals surface area contributed by atoms with Gasteiger partial charge in [-0.2, -0.15) is 0 Å². The van der Waals surface area contributed by atoms with Crippen LogP contribution in [-0.2, 0) is 6.42 Å². The molecule has 0 radical (unpaired) electrons. The Bertz CT molecular complexity index is 472. The van der Waals surface area contributed by atoms with Crippen LogP contribution in [0.1, 0.15) is 11.1 Å². The van der Waals surface area contributed by atoms with Crippen LogP contribution in [0, 0.1) is 0 Å². The Hall–Kier alpha value is -1.53. The molecule has 0 fully saturated rings. The maximum Gasteiger partial charge on any atom is 0.0411 e. The van der Waals surface area contributed by atoms with Gasteiger partial charge in [-0.15, -0.1) is 0 Å². The highest BCUT2D eigenvalue weighted by Gasteiger charge is 1.89. The van der Waals surface area contributed by atoms with Gasteiger partial charge in [-0.1, -0.05) is 66.2 Å². The molecule has 0 amide bonds. The molecule has 0 unspecified atom stereocenters. The van der Waals surface area contributed by atoms with E-state index in [2.05, 4.69) is 36.4 Å². The van der Waals surface area contributed by atoms with Gasteiger partial charge in [0, 0.05) is 5.02 Å². The largest absolute Gasteiger partial charge is 0.0843 e. The van der Waals surface area contributed by atoms with Crippen molar-refractivity contribution in [2.45, 2.75) is 6.42 Å².